The van der Waals surface area contributed by atoms with Crippen LogP contribution in [0.3, 0.4) is 0 Å². The summed E-state index contributed by atoms with van der Waals surface area (Å²) in [5.74, 6) is 1.20. The highest BCUT2D eigenvalue weighted by Crippen LogP contribution is 2.48. The number of halogens is 1. The number of carbonyl (C=O) groups is 1. The molecule has 120 valence electrons. The quantitative estimate of drug-likeness (QED) is 0.776. The molecule has 3 rings (SSSR count). The van der Waals surface area contributed by atoms with Gasteiger partial charge in [-0.25, -0.2) is 0 Å². The number of aliphatic carboxylic acids is 1. The van der Waals surface area contributed by atoms with E-state index in [1.165, 1.54) is 6.42 Å². The third kappa shape index (κ3) is 3.40. The number of methoxy groups -OCH3 is 1. The zero-order valence-electron chi connectivity index (χ0n) is 12.7. The molecule has 0 amide bonds. The maximum Gasteiger partial charge on any atom is 0.303 e. The van der Waals surface area contributed by atoms with E-state index in [9.17, 15) is 9.90 Å². The van der Waals surface area contributed by atoms with Gasteiger partial charge in [-0.3, -0.25) is 4.79 Å². The summed E-state index contributed by atoms with van der Waals surface area (Å²) in [6.45, 7) is 0. The first kappa shape index (κ1) is 15.7. The molecule has 2 aliphatic rings. The van der Waals surface area contributed by atoms with Crippen LogP contribution >= 0.6 is 15.9 Å². The molecule has 2 saturated carbocycles. The number of carboxylic acid groups (broad SMARTS) is 1. The van der Waals surface area contributed by atoms with E-state index in [2.05, 4.69) is 15.9 Å². The average Bonchev–Trinajstić information content (AvgIpc) is 3.25. The van der Waals surface area contributed by atoms with Crippen molar-refractivity contribution >= 4 is 21.9 Å². The van der Waals surface area contributed by atoms with E-state index >= 15 is 0 Å². The molecule has 1 atom stereocenters. The van der Waals surface area contributed by atoms with Crippen LogP contribution in [0.1, 0.15) is 50.0 Å². The van der Waals surface area contributed by atoms with Gasteiger partial charge >= 0.3 is 5.97 Å². The second kappa shape index (κ2) is 6.49. The van der Waals surface area contributed by atoms with Crippen LogP contribution in [0.2, 0.25) is 0 Å². The largest absolute Gasteiger partial charge is 0.493 e. The van der Waals surface area contributed by atoms with Crippen molar-refractivity contribution in [3.05, 3.63) is 22.2 Å². The van der Waals surface area contributed by atoms with Crippen LogP contribution in [-0.4, -0.2) is 24.3 Å². The lowest BCUT2D eigenvalue weighted by Gasteiger charge is -2.28. The Morgan fingerprint density at radius 3 is 2.55 bits per heavy atom. The van der Waals surface area contributed by atoms with Crippen LogP contribution in [-0.2, 0) is 4.79 Å². The van der Waals surface area contributed by atoms with Gasteiger partial charge in [0.15, 0.2) is 11.5 Å². The molecule has 1 aromatic rings. The number of carboxylic acids is 1. The highest BCUT2D eigenvalue weighted by Gasteiger charge is 2.35. The molecule has 0 saturated heterocycles. The molecule has 1 unspecified atom stereocenters. The van der Waals surface area contributed by atoms with Gasteiger partial charge in [0.25, 0.3) is 0 Å². The fraction of sp³-hybridized carbons (Fsp3) is 0.588. The van der Waals surface area contributed by atoms with E-state index in [4.69, 9.17) is 9.47 Å². The van der Waals surface area contributed by atoms with Crippen molar-refractivity contribution in [1.82, 2.24) is 0 Å². The van der Waals surface area contributed by atoms with Crippen LogP contribution in [0.4, 0.5) is 0 Å². The number of ether oxygens (including phenoxy) is 2. The lowest BCUT2D eigenvalue weighted by atomic mass is 9.90. The summed E-state index contributed by atoms with van der Waals surface area (Å²) in [6, 6.07) is 3.88. The zero-order chi connectivity index (χ0) is 15.7. The van der Waals surface area contributed by atoms with Crippen LogP contribution in [0.15, 0.2) is 16.6 Å². The molecule has 1 N–H and O–H groups in total. The highest BCUT2D eigenvalue weighted by atomic mass is 79.9. The molecule has 0 aromatic heterocycles. The van der Waals surface area contributed by atoms with Gasteiger partial charge in [0.1, 0.15) is 0 Å². The Morgan fingerprint density at radius 2 is 2.05 bits per heavy atom. The Bertz CT molecular complexity index is 564. The van der Waals surface area contributed by atoms with Crippen LogP contribution in [0, 0.1) is 5.92 Å². The van der Waals surface area contributed by atoms with E-state index in [0.717, 1.165) is 41.5 Å². The number of rotatable bonds is 7. The van der Waals surface area contributed by atoms with Crippen molar-refractivity contribution in [3.63, 3.8) is 0 Å². The van der Waals surface area contributed by atoms with Gasteiger partial charge in [-0.05, 0) is 61.6 Å². The third-order valence-corrected chi connectivity index (χ3v) is 5.30. The van der Waals surface area contributed by atoms with Crippen LogP contribution in [0.25, 0.3) is 0 Å². The monoisotopic (exact) mass is 368 g/mol. The Kier molecular flexibility index (Phi) is 4.62. The summed E-state index contributed by atoms with van der Waals surface area (Å²) in [7, 11) is 1.63. The SMILES string of the molecule is COc1cc(Br)c(C(CC(=O)O)C2CC2)cc1OC1CCC1. The van der Waals surface area contributed by atoms with Gasteiger partial charge in [-0.2, -0.15) is 0 Å². The van der Waals surface area contributed by atoms with Crippen molar-refractivity contribution in [3.8, 4) is 11.5 Å². The molecular weight excluding hydrogens is 348 g/mol. The van der Waals surface area contributed by atoms with E-state index < -0.39 is 5.97 Å². The molecule has 2 fully saturated rings. The van der Waals surface area contributed by atoms with Gasteiger partial charge in [-0.15, -0.1) is 0 Å². The first-order valence-corrected chi connectivity index (χ1v) is 8.63. The minimum atomic E-state index is -0.749. The van der Waals surface area contributed by atoms with Crippen molar-refractivity contribution in [1.29, 1.82) is 0 Å². The molecule has 0 radical (unpaired) electrons. The van der Waals surface area contributed by atoms with Gasteiger partial charge in [0.05, 0.1) is 19.6 Å². The normalized spacial score (nSPS) is 19.4. The Hall–Kier alpha value is -1.23. The molecule has 0 heterocycles. The summed E-state index contributed by atoms with van der Waals surface area (Å²) in [4.78, 5) is 11.2. The van der Waals surface area contributed by atoms with Gasteiger partial charge in [-0.1, -0.05) is 15.9 Å². The maximum atomic E-state index is 11.2. The Balaban J connectivity index is 1.90. The van der Waals surface area contributed by atoms with Crippen LogP contribution < -0.4 is 9.47 Å². The lowest BCUT2D eigenvalue weighted by Crippen LogP contribution is -2.25. The summed E-state index contributed by atoms with van der Waals surface area (Å²) in [5.41, 5.74) is 1.03. The second-order valence-corrected chi connectivity index (χ2v) is 7.09. The minimum absolute atomic E-state index is 0.0431. The van der Waals surface area contributed by atoms with Crippen molar-refractivity contribution < 1.29 is 19.4 Å². The number of hydrogen-bond donors (Lipinski definition) is 1. The number of benzene rings is 1. The molecule has 5 heteroatoms. The van der Waals surface area contributed by atoms with Crippen molar-refractivity contribution in [2.24, 2.45) is 5.92 Å². The third-order valence-electron chi connectivity index (χ3n) is 4.61. The van der Waals surface area contributed by atoms with Gasteiger partial charge in [0.2, 0.25) is 0 Å². The zero-order valence-corrected chi connectivity index (χ0v) is 14.3. The first-order chi connectivity index (χ1) is 10.6. The van der Waals surface area contributed by atoms with E-state index in [1.807, 2.05) is 12.1 Å². The average molecular weight is 369 g/mol. The summed E-state index contributed by atoms with van der Waals surface area (Å²) < 4.78 is 12.4. The Morgan fingerprint density at radius 1 is 1.32 bits per heavy atom. The van der Waals surface area contributed by atoms with Gasteiger partial charge < -0.3 is 14.6 Å². The summed E-state index contributed by atoms with van der Waals surface area (Å²) in [5, 5.41) is 9.20. The molecular formula is C17H21BrO4. The fourth-order valence-electron chi connectivity index (χ4n) is 2.97. The fourth-order valence-corrected chi connectivity index (χ4v) is 3.59. The topological polar surface area (TPSA) is 55.8 Å². The van der Waals surface area contributed by atoms with Crippen LogP contribution in [0.5, 0.6) is 11.5 Å². The lowest BCUT2D eigenvalue weighted by molar-refractivity contribution is -0.137. The first-order valence-electron chi connectivity index (χ1n) is 7.84. The highest BCUT2D eigenvalue weighted by molar-refractivity contribution is 9.10. The minimum Gasteiger partial charge on any atom is -0.493 e. The summed E-state index contributed by atoms with van der Waals surface area (Å²) in [6.07, 6.45) is 6.01. The van der Waals surface area contributed by atoms with E-state index in [1.54, 1.807) is 7.11 Å². The molecule has 0 spiro atoms. The van der Waals surface area contributed by atoms with E-state index in [0.29, 0.717) is 11.7 Å². The predicted octanol–water partition coefficient (Wildman–Crippen LogP) is 4.36. The Labute approximate surface area is 138 Å². The molecule has 4 nitrogen and oxygen atoms in total. The molecule has 0 bridgehead atoms. The van der Waals surface area contributed by atoms with Crippen molar-refractivity contribution in [2.75, 3.05) is 7.11 Å². The summed E-state index contributed by atoms with van der Waals surface area (Å²) >= 11 is 3.58. The predicted molar refractivity (Wildman–Crippen MR) is 86.7 cm³/mol. The van der Waals surface area contributed by atoms with E-state index in [-0.39, 0.29) is 18.4 Å². The van der Waals surface area contributed by atoms with Crippen molar-refractivity contribution in [2.45, 2.75) is 50.5 Å². The molecule has 1 aromatic carbocycles. The molecule has 22 heavy (non-hydrogen) atoms. The van der Waals surface area contributed by atoms with Gasteiger partial charge in [0, 0.05) is 4.47 Å². The number of hydrogen-bond acceptors (Lipinski definition) is 3. The second-order valence-electron chi connectivity index (χ2n) is 6.24. The maximum absolute atomic E-state index is 11.2. The molecule has 2 aliphatic carbocycles. The smallest absolute Gasteiger partial charge is 0.303 e. The molecule has 0 aliphatic heterocycles. The standard InChI is InChI=1S/C17H21BrO4/c1-21-15-9-14(18)13(7-16(15)22-11-3-2-4-11)12(8-17(19)20)10-5-6-10/h7,9-12H,2-6,8H2,1H3,(H,19,20).